The van der Waals surface area contributed by atoms with Crippen molar-refractivity contribution in [3.63, 3.8) is 0 Å². The maximum absolute atomic E-state index is 6.12. The molecule has 0 radical (unpaired) electrons. The van der Waals surface area contributed by atoms with Crippen LogP contribution in [0.15, 0.2) is 46.2 Å². The molecule has 0 unspecified atom stereocenters. The van der Waals surface area contributed by atoms with Gasteiger partial charge in [-0.2, -0.15) is 0 Å². The molecule has 0 heterocycles. The zero-order valence-corrected chi connectivity index (χ0v) is 11.9. The van der Waals surface area contributed by atoms with Crippen molar-refractivity contribution in [2.24, 2.45) is 0 Å². The van der Waals surface area contributed by atoms with Gasteiger partial charge < -0.3 is 10.5 Å². The molecule has 0 bridgehead atoms. The fraction of sp³-hybridized carbons (Fsp3) is 0.0769. The second kappa shape index (κ2) is 5.74. The summed E-state index contributed by atoms with van der Waals surface area (Å²) >= 11 is 13.6. The fourth-order valence-electron chi connectivity index (χ4n) is 1.45. The van der Waals surface area contributed by atoms with Crippen LogP contribution < -0.4 is 10.5 Å². The van der Waals surface area contributed by atoms with E-state index in [4.69, 9.17) is 33.7 Å². The lowest BCUT2D eigenvalue weighted by Crippen LogP contribution is -1.89. The highest BCUT2D eigenvalue weighted by Gasteiger charge is 2.06. The van der Waals surface area contributed by atoms with E-state index >= 15 is 0 Å². The Morgan fingerprint density at radius 1 is 1.11 bits per heavy atom. The normalized spacial score (nSPS) is 10.4. The number of methoxy groups -OCH3 is 1. The van der Waals surface area contributed by atoms with E-state index in [0.717, 1.165) is 15.5 Å². The van der Waals surface area contributed by atoms with E-state index in [9.17, 15) is 0 Å². The van der Waals surface area contributed by atoms with Crippen molar-refractivity contribution in [3.8, 4) is 5.75 Å². The second-order valence-corrected chi connectivity index (χ2v) is 5.58. The average Bonchev–Trinajstić information content (AvgIpc) is 2.33. The van der Waals surface area contributed by atoms with Crippen molar-refractivity contribution in [3.05, 3.63) is 46.4 Å². The smallest absolute Gasteiger partial charge is 0.122 e. The van der Waals surface area contributed by atoms with Crippen LogP contribution in [0.1, 0.15) is 0 Å². The zero-order valence-electron chi connectivity index (χ0n) is 9.61. The number of ether oxygens (including phenoxy) is 1. The van der Waals surface area contributed by atoms with Gasteiger partial charge in [0.25, 0.3) is 0 Å². The van der Waals surface area contributed by atoms with Gasteiger partial charge in [-0.1, -0.05) is 35.0 Å². The summed E-state index contributed by atoms with van der Waals surface area (Å²) in [5.41, 5.74) is 6.45. The fourth-order valence-corrected chi connectivity index (χ4v) is 2.90. The first-order valence-corrected chi connectivity index (χ1v) is 6.73. The monoisotopic (exact) mass is 299 g/mol. The van der Waals surface area contributed by atoms with Crippen molar-refractivity contribution >= 4 is 40.7 Å². The molecule has 18 heavy (non-hydrogen) atoms. The molecular formula is C13H11Cl2NOS. The molecule has 5 heteroatoms. The van der Waals surface area contributed by atoms with Gasteiger partial charge in [-0.25, -0.2) is 0 Å². The van der Waals surface area contributed by atoms with Crippen molar-refractivity contribution in [2.45, 2.75) is 9.79 Å². The summed E-state index contributed by atoms with van der Waals surface area (Å²) in [5, 5.41) is 1.31. The van der Waals surface area contributed by atoms with Gasteiger partial charge in [0.15, 0.2) is 0 Å². The molecule has 2 aromatic rings. The Kier molecular flexibility index (Phi) is 4.27. The van der Waals surface area contributed by atoms with Gasteiger partial charge in [-0.05, 0) is 30.3 Å². The SMILES string of the molecule is COc1cc(N)cc(Sc2cc(Cl)ccc2Cl)c1. The lowest BCUT2D eigenvalue weighted by Gasteiger charge is -2.08. The summed E-state index contributed by atoms with van der Waals surface area (Å²) in [6, 6.07) is 10.9. The van der Waals surface area contributed by atoms with Gasteiger partial charge in [0.2, 0.25) is 0 Å². The quantitative estimate of drug-likeness (QED) is 0.832. The molecule has 0 saturated heterocycles. The third kappa shape index (κ3) is 3.25. The minimum atomic E-state index is 0.648. The van der Waals surface area contributed by atoms with Crippen LogP contribution in [0.3, 0.4) is 0 Å². The van der Waals surface area contributed by atoms with E-state index in [0.29, 0.717) is 15.7 Å². The van der Waals surface area contributed by atoms with Gasteiger partial charge in [-0.3, -0.25) is 0 Å². The van der Waals surface area contributed by atoms with Crippen LogP contribution in [0.2, 0.25) is 10.0 Å². The van der Waals surface area contributed by atoms with Crippen LogP contribution in [0.4, 0.5) is 5.69 Å². The van der Waals surface area contributed by atoms with Gasteiger partial charge in [0.05, 0.1) is 12.1 Å². The zero-order chi connectivity index (χ0) is 13.1. The number of rotatable bonds is 3. The predicted molar refractivity (Wildman–Crippen MR) is 78.0 cm³/mol. The van der Waals surface area contributed by atoms with E-state index in [1.165, 1.54) is 11.8 Å². The highest BCUT2D eigenvalue weighted by atomic mass is 35.5. The Labute approximate surface area is 120 Å². The molecule has 94 valence electrons. The van der Waals surface area contributed by atoms with Gasteiger partial charge in [0.1, 0.15) is 5.75 Å². The van der Waals surface area contributed by atoms with Crippen molar-refractivity contribution in [2.75, 3.05) is 12.8 Å². The van der Waals surface area contributed by atoms with Crippen LogP contribution >= 0.6 is 35.0 Å². The van der Waals surface area contributed by atoms with E-state index < -0.39 is 0 Å². The average molecular weight is 300 g/mol. The molecule has 2 aromatic carbocycles. The minimum absolute atomic E-state index is 0.648. The third-order valence-electron chi connectivity index (χ3n) is 2.26. The van der Waals surface area contributed by atoms with E-state index in [-0.39, 0.29) is 0 Å². The van der Waals surface area contributed by atoms with E-state index in [1.807, 2.05) is 18.2 Å². The molecule has 0 saturated carbocycles. The number of halogens is 2. The number of nitrogen functional groups attached to an aromatic ring is 1. The summed E-state index contributed by atoms with van der Waals surface area (Å²) in [7, 11) is 1.61. The lowest BCUT2D eigenvalue weighted by atomic mass is 10.3. The summed E-state index contributed by atoms with van der Waals surface area (Å²) in [4.78, 5) is 1.84. The second-order valence-electron chi connectivity index (χ2n) is 3.62. The molecule has 0 aliphatic heterocycles. The molecule has 0 atom stereocenters. The first kappa shape index (κ1) is 13.4. The molecular weight excluding hydrogens is 289 g/mol. The Hall–Kier alpha value is -1.03. The van der Waals surface area contributed by atoms with Crippen LogP contribution in [-0.4, -0.2) is 7.11 Å². The first-order chi connectivity index (χ1) is 8.58. The molecule has 0 aliphatic rings. The Morgan fingerprint density at radius 3 is 2.61 bits per heavy atom. The Morgan fingerprint density at radius 2 is 1.89 bits per heavy atom. The number of hydrogen-bond acceptors (Lipinski definition) is 3. The summed E-state index contributed by atoms with van der Waals surface area (Å²) < 4.78 is 5.17. The third-order valence-corrected chi connectivity index (χ3v) is 3.96. The van der Waals surface area contributed by atoms with Crippen LogP contribution in [0.5, 0.6) is 5.75 Å². The number of hydrogen-bond donors (Lipinski definition) is 1. The molecule has 0 aliphatic carbocycles. The molecule has 0 aromatic heterocycles. The predicted octanol–water partition coefficient (Wildman–Crippen LogP) is 4.74. The molecule has 2 nitrogen and oxygen atoms in total. The molecule has 0 amide bonds. The highest BCUT2D eigenvalue weighted by molar-refractivity contribution is 7.99. The van der Waals surface area contributed by atoms with Crippen LogP contribution in [-0.2, 0) is 0 Å². The summed E-state index contributed by atoms with van der Waals surface area (Å²) in [6.07, 6.45) is 0. The topological polar surface area (TPSA) is 35.2 Å². The number of nitrogens with two attached hydrogens (primary N) is 1. The minimum Gasteiger partial charge on any atom is -0.497 e. The Bertz CT molecular complexity index is 575. The standard InChI is InChI=1S/C13H11Cl2NOS/c1-17-10-5-9(16)6-11(7-10)18-13-4-8(14)2-3-12(13)15/h2-7H,16H2,1H3. The maximum atomic E-state index is 6.12. The maximum Gasteiger partial charge on any atom is 0.122 e. The molecule has 2 rings (SSSR count). The molecule has 2 N–H and O–H groups in total. The highest BCUT2D eigenvalue weighted by Crippen LogP contribution is 2.37. The summed E-state index contributed by atoms with van der Waals surface area (Å²) in [6.45, 7) is 0. The van der Waals surface area contributed by atoms with Gasteiger partial charge in [0, 0.05) is 26.6 Å². The van der Waals surface area contributed by atoms with Crippen molar-refractivity contribution in [1.29, 1.82) is 0 Å². The van der Waals surface area contributed by atoms with E-state index in [1.54, 1.807) is 25.3 Å². The van der Waals surface area contributed by atoms with Crippen molar-refractivity contribution < 1.29 is 4.74 Å². The number of benzene rings is 2. The molecule has 0 fully saturated rings. The van der Waals surface area contributed by atoms with Crippen LogP contribution in [0.25, 0.3) is 0 Å². The van der Waals surface area contributed by atoms with Crippen LogP contribution in [0, 0.1) is 0 Å². The number of anilines is 1. The van der Waals surface area contributed by atoms with E-state index in [2.05, 4.69) is 0 Å². The van der Waals surface area contributed by atoms with Gasteiger partial charge in [-0.15, -0.1) is 0 Å². The largest absolute Gasteiger partial charge is 0.497 e. The van der Waals surface area contributed by atoms with Gasteiger partial charge >= 0.3 is 0 Å². The Balaban J connectivity index is 2.33. The summed E-state index contributed by atoms with van der Waals surface area (Å²) in [5.74, 6) is 0.718. The first-order valence-electron chi connectivity index (χ1n) is 5.16. The van der Waals surface area contributed by atoms with Crippen molar-refractivity contribution in [1.82, 2.24) is 0 Å². The lowest BCUT2D eigenvalue weighted by molar-refractivity contribution is 0.414. The molecule has 0 spiro atoms.